The molecule has 1 aromatic carbocycles. The Labute approximate surface area is 162 Å². The normalized spacial score (nSPS) is 28.9. The van der Waals surface area contributed by atoms with Crippen molar-refractivity contribution in [2.24, 2.45) is 5.92 Å². The SMILES string of the molecule is C[Si](C)C(C)(C)CO[C@@H]1CO[C@H]2[C@@H]1OC[C@@H]2C#Cc1ccc2c(c1)OCO2. The fourth-order valence-electron chi connectivity index (χ4n) is 3.34. The van der Waals surface area contributed by atoms with Crippen molar-refractivity contribution in [2.75, 3.05) is 26.6 Å². The predicted molar refractivity (Wildman–Crippen MR) is 104 cm³/mol. The third-order valence-electron chi connectivity index (χ3n) is 5.79. The highest BCUT2D eigenvalue weighted by atomic mass is 28.3. The number of benzene rings is 1. The molecule has 3 heterocycles. The quantitative estimate of drug-likeness (QED) is 0.587. The van der Waals surface area contributed by atoms with Gasteiger partial charge in [-0.2, -0.15) is 0 Å². The van der Waals surface area contributed by atoms with E-state index in [1.165, 1.54) is 0 Å². The third kappa shape index (κ3) is 3.88. The van der Waals surface area contributed by atoms with E-state index >= 15 is 0 Å². The van der Waals surface area contributed by atoms with Crippen molar-refractivity contribution in [1.82, 2.24) is 0 Å². The molecule has 6 heteroatoms. The van der Waals surface area contributed by atoms with Crippen LogP contribution in [0.4, 0.5) is 0 Å². The molecule has 3 aliphatic rings. The minimum absolute atomic E-state index is 0.00680. The lowest BCUT2D eigenvalue weighted by atomic mass is 10.0. The minimum Gasteiger partial charge on any atom is -0.454 e. The second kappa shape index (κ2) is 7.48. The molecule has 0 N–H and O–H groups in total. The van der Waals surface area contributed by atoms with Crippen molar-refractivity contribution in [1.29, 1.82) is 0 Å². The average Bonchev–Trinajstić information content (AvgIpc) is 3.34. The Balaban J connectivity index is 1.37. The third-order valence-corrected chi connectivity index (χ3v) is 8.65. The first-order valence-corrected chi connectivity index (χ1v) is 12.0. The number of ether oxygens (including phenoxy) is 5. The predicted octanol–water partition coefficient (Wildman–Crippen LogP) is 3.10. The van der Waals surface area contributed by atoms with E-state index < -0.39 is 8.80 Å². The Kier molecular flexibility index (Phi) is 5.21. The molecule has 2 fully saturated rings. The van der Waals surface area contributed by atoms with Gasteiger partial charge in [0.05, 0.1) is 27.9 Å². The van der Waals surface area contributed by atoms with E-state index in [0.29, 0.717) is 13.2 Å². The number of fused-ring (bicyclic) bond motifs is 2. The summed E-state index contributed by atoms with van der Waals surface area (Å²) in [5, 5.41) is 0.236. The Morgan fingerprint density at radius 1 is 1.11 bits per heavy atom. The van der Waals surface area contributed by atoms with Crippen LogP contribution in [0.15, 0.2) is 18.2 Å². The molecule has 4 rings (SSSR count). The molecule has 0 bridgehead atoms. The molecule has 145 valence electrons. The van der Waals surface area contributed by atoms with Crippen LogP contribution < -0.4 is 9.47 Å². The monoisotopic (exact) mass is 387 g/mol. The summed E-state index contributed by atoms with van der Waals surface area (Å²) in [4.78, 5) is 0. The molecule has 4 atom stereocenters. The number of hydrogen-bond donors (Lipinski definition) is 0. The van der Waals surface area contributed by atoms with Crippen molar-refractivity contribution < 1.29 is 23.7 Å². The van der Waals surface area contributed by atoms with Crippen LogP contribution >= 0.6 is 0 Å². The summed E-state index contributed by atoms with van der Waals surface area (Å²) in [7, 11) is -0.426. The van der Waals surface area contributed by atoms with Crippen LogP contribution in [0.25, 0.3) is 0 Å². The zero-order chi connectivity index (χ0) is 19.0. The lowest BCUT2D eigenvalue weighted by Gasteiger charge is -2.30. The van der Waals surface area contributed by atoms with Gasteiger partial charge in [0.2, 0.25) is 6.79 Å². The van der Waals surface area contributed by atoms with Crippen molar-refractivity contribution in [3.8, 4) is 23.3 Å². The van der Waals surface area contributed by atoms with E-state index in [1.54, 1.807) is 0 Å². The zero-order valence-corrected chi connectivity index (χ0v) is 17.4. The first-order chi connectivity index (χ1) is 12.9. The second-order valence-corrected chi connectivity index (χ2v) is 11.6. The summed E-state index contributed by atoms with van der Waals surface area (Å²) in [6.07, 6.45) is -0.0122. The van der Waals surface area contributed by atoms with E-state index in [0.717, 1.165) is 23.7 Å². The summed E-state index contributed by atoms with van der Waals surface area (Å²) in [5.41, 5.74) is 0.913. The maximum absolute atomic E-state index is 6.20. The fourth-order valence-corrected chi connectivity index (χ4v) is 3.71. The van der Waals surface area contributed by atoms with E-state index in [-0.39, 0.29) is 36.1 Å². The molecule has 0 amide bonds. The summed E-state index contributed by atoms with van der Waals surface area (Å²) >= 11 is 0. The summed E-state index contributed by atoms with van der Waals surface area (Å²) in [5.74, 6) is 8.15. The minimum atomic E-state index is -0.426. The fraction of sp³-hybridized carbons (Fsp3) is 0.619. The van der Waals surface area contributed by atoms with E-state index in [1.807, 2.05) is 18.2 Å². The largest absolute Gasteiger partial charge is 0.454 e. The Bertz CT molecular complexity index is 751. The molecule has 0 aliphatic carbocycles. The Hall–Kier alpha value is -1.52. The Morgan fingerprint density at radius 3 is 2.70 bits per heavy atom. The number of rotatable bonds is 4. The molecular formula is C21H27O5Si. The Morgan fingerprint density at radius 2 is 1.89 bits per heavy atom. The van der Waals surface area contributed by atoms with E-state index in [9.17, 15) is 0 Å². The van der Waals surface area contributed by atoms with Crippen LogP contribution in [0.5, 0.6) is 11.5 Å². The molecular weight excluding hydrogens is 360 g/mol. The molecule has 2 saturated heterocycles. The molecule has 0 spiro atoms. The van der Waals surface area contributed by atoms with Crippen molar-refractivity contribution in [2.45, 2.75) is 50.3 Å². The molecule has 0 unspecified atom stereocenters. The van der Waals surface area contributed by atoms with E-state index in [2.05, 4.69) is 38.8 Å². The first-order valence-electron chi connectivity index (χ1n) is 9.51. The molecule has 27 heavy (non-hydrogen) atoms. The van der Waals surface area contributed by atoms with Gasteiger partial charge in [-0.3, -0.25) is 0 Å². The first kappa shape index (κ1) is 18.8. The molecule has 1 radical (unpaired) electrons. The van der Waals surface area contributed by atoms with Crippen LogP contribution in [-0.2, 0) is 14.2 Å². The zero-order valence-electron chi connectivity index (χ0n) is 16.4. The molecule has 0 saturated carbocycles. The maximum Gasteiger partial charge on any atom is 0.231 e. The lowest BCUT2D eigenvalue weighted by molar-refractivity contribution is -0.0383. The van der Waals surface area contributed by atoms with Crippen molar-refractivity contribution in [3.63, 3.8) is 0 Å². The average molecular weight is 388 g/mol. The van der Waals surface area contributed by atoms with Crippen LogP contribution in [0, 0.1) is 17.8 Å². The van der Waals surface area contributed by atoms with Gasteiger partial charge >= 0.3 is 0 Å². The van der Waals surface area contributed by atoms with Gasteiger partial charge in [0, 0.05) is 12.2 Å². The summed E-state index contributed by atoms with van der Waals surface area (Å²) in [6.45, 7) is 11.4. The van der Waals surface area contributed by atoms with Gasteiger partial charge in [-0.1, -0.05) is 38.8 Å². The molecule has 3 aliphatic heterocycles. The maximum atomic E-state index is 6.20. The van der Waals surface area contributed by atoms with Gasteiger partial charge in [-0.05, 0) is 23.2 Å². The van der Waals surface area contributed by atoms with Gasteiger partial charge in [-0.15, -0.1) is 0 Å². The molecule has 1 aromatic rings. The standard InChI is InChI=1S/C21H27O5Si/c1-21(2,27(3)4)12-24-18-11-23-19-15(10-22-20(18)19)7-5-14-6-8-16-17(9-14)26-13-25-16/h6,8-9,15,18-20H,10-13H2,1-4H3/t15-,18+,19+,20+/m0/s1. The topological polar surface area (TPSA) is 46.2 Å². The second-order valence-electron chi connectivity index (χ2n) is 8.27. The molecule has 5 nitrogen and oxygen atoms in total. The van der Waals surface area contributed by atoms with Crippen LogP contribution in [0.3, 0.4) is 0 Å². The van der Waals surface area contributed by atoms with Crippen LogP contribution in [-0.4, -0.2) is 53.7 Å². The highest BCUT2D eigenvalue weighted by molar-refractivity contribution is 6.59. The molecule has 0 aromatic heterocycles. The lowest BCUT2D eigenvalue weighted by Crippen LogP contribution is -2.35. The van der Waals surface area contributed by atoms with Gasteiger partial charge in [0.1, 0.15) is 18.3 Å². The van der Waals surface area contributed by atoms with E-state index in [4.69, 9.17) is 23.7 Å². The highest BCUT2D eigenvalue weighted by Crippen LogP contribution is 2.36. The van der Waals surface area contributed by atoms with Gasteiger partial charge in [0.25, 0.3) is 0 Å². The smallest absolute Gasteiger partial charge is 0.231 e. The number of hydrogen-bond acceptors (Lipinski definition) is 5. The van der Waals surface area contributed by atoms with Gasteiger partial charge in [0.15, 0.2) is 11.5 Å². The summed E-state index contributed by atoms with van der Waals surface area (Å²) in [6, 6.07) is 5.77. The van der Waals surface area contributed by atoms with Crippen LogP contribution in [0.2, 0.25) is 18.1 Å². The van der Waals surface area contributed by atoms with Gasteiger partial charge < -0.3 is 23.7 Å². The van der Waals surface area contributed by atoms with Crippen molar-refractivity contribution in [3.05, 3.63) is 23.8 Å². The van der Waals surface area contributed by atoms with Crippen LogP contribution in [0.1, 0.15) is 19.4 Å². The van der Waals surface area contributed by atoms with Gasteiger partial charge in [-0.25, -0.2) is 0 Å². The highest BCUT2D eigenvalue weighted by Gasteiger charge is 2.48. The van der Waals surface area contributed by atoms with Crippen molar-refractivity contribution >= 4 is 8.80 Å². The summed E-state index contributed by atoms with van der Waals surface area (Å²) < 4.78 is 29.0.